The fourth-order valence-electron chi connectivity index (χ4n) is 2.01. The number of nitrogens with one attached hydrogen (secondary N) is 2. The van der Waals surface area contributed by atoms with Gasteiger partial charge >= 0.3 is 0 Å². The number of aliphatic hydroxyl groups excluding tert-OH is 5. The lowest BCUT2D eigenvalue weighted by molar-refractivity contribution is -0.125. The molecule has 0 spiro atoms. The molecule has 1 rings (SSSR count). The van der Waals surface area contributed by atoms with Crippen molar-refractivity contribution in [3.8, 4) is 0 Å². The first-order valence-corrected chi connectivity index (χ1v) is 10.9. The topological polar surface area (TPSA) is 159 Å². The minimum atomic E-state index is -1.62. The van der Waals surface area contributed by atoms with Crippen molar-refractivity contribution in [2.24, 2.45) is 0 Å². The quantitative estimate of drug-likeness (QED) is 0.168. The second kappa shape index (κ2) is 12.0. The molecule has 1 aromatic rings. The molecule has 0 saturated heterocycles. The summed E-state index contributed by atoms with van der Waals surface area (Å²) in [5.74, 6) is -1.35. The monoisotopic (exact) mass is 720 g/mol. The molecule has 0 aromatic heterocycles. The van der Waals surface area contributed by atoms with Crippen LogP contribution in [-0.2, 0) is 11.2 Å². The van der Waals surface area contributed by atoms with E-state index < -0.39 is 37.2 Å². The minimum Gasteiger partial charge on any atom is -0.396 e. The summed E-state index contributed by atoms with van der Waals surface area (Å²) in [6, 6.07) is 0. The van der Waals surface area contributed by atoms with E-state index in [0.717, 1.165) is 0 Å². The van der Waals surface area contributed by atoms with Gasteiger partial charge in [-0.1, -0.05) is 0 Å². The van der Waals surface area contributed by atoms with Crippen molar-refractivity contribution in [1.82, 2.24) is 5.32 Å². The van der Waals surface area contributed by atoms with Gasteiger partial charge in [0.2, 0.25) is 0 Å². The summed E-state index contributed by atoms with van der Waals surface area (Å²) in [6.07, 6.45) is -2.49. The van der Waals surface area contributed by atoms with Gasteiger partial charge in [-0.15, -0.1) is 0 Å². The highest BCUT2D eigenvalue weighted by Crippen LogP contribution is 2.36. The lowest BCUT2D eigenvalue weighted by Gasteiger charge is -2.20. The van der Waals surface area contributed by atoms with Gasteiger partial charge < -0.3 is 36.2 Å². The first kappa shape index (κ1) is 25.2. The molecule has 2 unspecified atom stereocenters. The molecule has 0 bridgehead atoms. The summed E-state index contributed by atoms with van der Waals surface area (Å²) in [4.78, 5) is 24.6. The molecule has 0 saturated carbocycles. The summed E-state index contributed by atoms with van der Waals surface area (Å²) < 4.78 is 1.57. The number of anilines is 1. The number of carbonyl (C=O) groups is 2. The van der Waals surface area contributed by atoms with Gasteiger partial charge in [-0.2, -0.15) is 0 Å². The van der Waals surface area contributed by atoms with Crippen molar-refractivity contribution in [1.29, 1.82) is 0 Å². The van der Waals surface area contributed by atoms with Gasteiger partial charge in [0, 0.05) is 20.3 Å². The Balaban J connectivity index is 3.40. The van der Waals surface area contributed by atoms with Crippen molar-refractivity contribution < 1.29 is 35.1 Å². The van der Waals surface area contributed by atoms with Gasteiger partial charge in [0.05, 0.1) is 34.1 Å². The van der Waals surface area contributed by atoms with Crippen molar-refractivity contribution in [2.45, 2.75) is 18.6 Å². The molecule has 0 heterocycles. The zero-order chi connectivity index (χ0) is 20.7. The number of hydrogen-bond donors (Lipinski definition) is 7. The van der Waals surface area contributed by atoms with Crippen LogP contribution in [0.1, 0.15) is 15.9 Å². The molecule has 9 nitrogen and oxygen atoms in total. The first-order chi connectivity index (χ1) is 12.7. The second-order valence-electron chi connectivity index (χ2n) is 5.38. The summed E-state index contributed by atoms with van der Waals surface area (Å²) in [5, 5.41) is 51.1. The number of aliphatic hydroxyl groups is 5. The number of carbonyl (C=O) groups excluding carboxylic acids is 2. The van der Waals surface area contributed by atoms with E-state index in [1.807, 2.05) is 67.8 Å². The minimum absolute atomic E-state index is 0.159. The van der Waals surface area contributed by atoms with Gasteiger partial charge in [0.1, 0.15) is 0 Å². The summed E-state index contributed by atoms with van der Waals surface area (Å²) in [5.41, 5.74) is 1.16. The van der Waals surface area contributed by atoms with Crippen molar-refractivity contribution in [3.63, 3.8) is 0 Å². The lowest BCUT2D eigenvalue weighted by atomic mass is 10.1. The Morgan fingerprint density at radius 2 is 1.59 bits per heavy atom. The zero-order valence-electron chi connectivity index (χ0n) is 13.9. The highest BCUT2D eigenvalue weighted by Gasteiger charge is 2.26. The highest BCUT2D eigenvalue weighted by molar-refractivity contribution is 14.1. The second-order valence-corrected chi connectivity index (χ2v) is 8.61. The predicted molar refractivity (Wildman–Crippen MR) is 123 cm³/mol. The third-order valence-corrected chi connectivity index (χ3v) is 6.89. The molecule has 27 heavy (non-hydrogen) atoms. The molecule has 0 aliphatic rings. The number of benzene rings is 1. The van der Waals surface area contributed by atoms with Crippen LogP contribution < -0.4 is 10.6 Å². The predicted octanol–water partition coefficient (Wildman–Crippen LogP) is -0.590. The van der Waals surface area contributed by atoms with Crippen molar-refractivity contribution >= 4 is 85.3 Å². The van der Waals surface area contributed by atoms with Crippen LogP contribution in [0.15, 0.2) is 0 Å². The van der Waals surface area contributed by atoms with Gasteiger partial charge in [0.25, 0.3) is 11.8 Å². The van der Waals surface area contributed by atoms with E-state index >= 15 is 0 Å². The fourth-order valence-corrected chi connectivity index (χ4v) is 6.47. The average molecular weight is 720 g/mol. The third-order valence-electron chi connectivity index (χ3n) is 3.43. The molecular weight excluding hydrogens is 701 g/mol. The Hall–Kier alpha value is 0.150. The molecule has 2 amide bonds. The van der Waals surface area contributed by atoms with Gasteiger partial charge in [-0.3, -0.25) is 9.59 Å². The highest BCUT2D eigenvalue weighted by atomic mass is 127. The molecule has 1 aromatic carbocycles. The first-order valence-electron chi connectivity index (χ1n) is 7.66. The van der Waals surface area contributed by atoms with E-state index in [1.54, 1.807) is 0 Å². The van der Waals surface area contributed by atoms with Crippen molar-refractivity contribution in [2.75, 3.05) is 31.7 Å². The molecule has 7 N–H and O–H groups in total. The Morgan fingerprint density at radius 1 is 0.963 bits per heavy atom. The maximum Gasteiger partial charge on any atom is 0.255 e. The van der Waals surface area contributed by atoms with E-state index in [9.17, 15) is 24.9 Å². The molecule has 0 radical (unpaired) electrons. The molecule has 0 aliphatic carbocycles. The molecular formula is C15H19I3N2O7. The van der Waals surface area contributed by atoms with E-state index in [4.69, 9.17) is 10.2 Å². The smallest absolute Gasteiger partial charge is 0.255 e. The van der Waals surface area contributed by atoms with Crippen LogP contribution >= 0.6 is 67.8 Å². The standard InChI is InChI=1S/C15H19I3N2O7/c16-10-7(1-2-21)11(17)13(20-14(26)8(25)5-23)12(18)9(10)15(27)19-3-6(24)4-22/h6,8,21-25H,1-5H2,(H,19,27)(H,20,26). The van der Waals surface area contributed by atoms with Crippen LogP contribution in [-0.4, -0.2) is 75.9 Å². The van der Waals surface area contributed by atoms with Crippen LogP contribution in [0.2, 0.25) is 0 Å². The largest absolute Gasteiger partial charge is 0.396 e. The number of hydrogen-bond acceptors (Lipinski definition) is 7. The van der Waals surface area contributed by atoms with E-state index in [1.165, 1.54) is 0 Å². The maximum atomic E-state index is 12.6. The van der Waals surface area contributed by atoms with Crippen LogP contribution in [0.3, 0.4) is 0 Å². The SMILES string of the molecule is O=C(NCC(O)CO)c1c(I)c(CCO)c(I)c(NC(=O)C(O)CO)c1I. The van der Waals surface area contributed by atoms with E-state index in [0.29, 0.717) is 16.3 Å². The number of rotatable bonds is 9. The zero-order valence-corrected chi connectivity index (χ0v) is 20.3. The molecule has 2 atom stereocenters. The van der Waals surface area contributed by atoms with Gasteiger partial charge in [0.15, 0.2) is 6.10 Å². The Labute approximate surface area is 196 Å². The molecule has 0 aliphatic heterocycles. The van der Waals surface area contributed by atoms with Crippen LogP contribution in [0, 0.1) is 10.7 Å². The van der Waals surface area contributed by atoms with E-state index in [2.05, 4.69) is 10.6 Å². The Bertz CT molecular complexity index is 703. The van der Waals surface area contributed by atoms with Crippen LogP contribution in [0.25, 0.3) is 0 Å². The molecule has 0 fully saturated rings. The lowest BCUT2D eigenvalue weighted by Crippen LogP contribution is -2.35. The fraction of sp³-hybridized carbons (Fsp3) is 0.467. The number of halogens is 3. The van der Waals surface area contributed by atoms with E-state index in [-0.39, 0.29) is 30.8 Å². The summed E-state index contributed by atoms with van der Waals surface area (Å²) in [6.45, 7) is -1.59. The normalized spacial score (nSPS) is 13.2. The molecule has 152 valence electrons. The van der Waals surface area contributed by atoms with Crippen LogP contribution in [0.5, 0.6) is 0 Å². The third kappa shape index (κ3) is 6.58. The average Bonchev–Trinajstić information content (AvgIpc) is 2.65. The summed E-state index contributed by atoms with van der Waals surface area (Å²) >= 11 is 5.83. The number of amides is 2. The maximum absolute atomic E-state index is 12.6. The molecule has 12 heteroatoms. The Morgan fingerprint density at radius 3 is 2.11 bits per heavy atom. The van der Waals surface area contributed by atoms with Crippen molar-refractivity contribution in [3.05, 3.63) is 21.8 Å². The summed E-state index contributed by atoms with van der Waals surface area (Å²) in [7, 11) is 0. The van der Waals surface area contributed by atoms with Gasteiger partial charge in [-0.05, 0) is 79.8 Å². The Kier molecular flexibility index (Phi) is 11.2. The van der Waals surface area contributed by atoms with Crippen LogP contribution in [0.4, 0.5) is 5.69 Å². The van der Waals surface area contributed by atoms with Gasteiger partial charge in [-0.25, -0.2) is 0 Å².